The quantitative estimate of drug-likeness (QED) is 0.201. The first kappa shape index (κ1) is 23.6. The fraction of sp³-hybridized carbons (Fsp3) is 0.0714. The summed E-state index contributed by atoms with van der Waals surface area (Å²) < 4.78 is 19.2. The van der Waals surface area contributed by atoms with Crippen molar-refractivity contribution < 1.29 is 13.7 Å². The lowest BCUT2D eigenvalue weighted by Gasteiger charge is -2.21. The van der Waals surface area contributed by atoms with Gasteiger partial charge in [0.1, 0.15) is 5.76 Å². The smallest absolute Gasteiger partial charge is 0.237 e. The van der Waals surface area contributed by atoms with Gasteiger partial charge in [-0.25, -0.2) is 0 Å². The lowest BCUT2D eigenvalue weighted by Crippen LogP contribution is -2.03. The number of hydrogen-bond acceptors (Lipinski definition) is 9. The van der Waals surface area contributed by atoms with Crippen LogP contribution in [0.3, 0.4) is 0 Å². The molecule has 7 rings (SSSR count). The van der Waals surface area contributed by atoms with Crippen LogP contribution in [0.15, 0.2) is 99.2 Å². The third kappa shape index (κ3) is 4.75. The van der Waals surface area contributed by atoms with Crippen LogP contribution in [0.4, 0.5) is 11.4 Å². The first-order chi connectivity index (χ1) is 19.2. The summed E-state index contributed by atoms with van der Waals surface area (Å²) >= 11 is 7.68. The van der Waals surface area contributed by atoms with E-state index in [2.05, 4.69) is 25.7 Å². The van der Waals surface area contributed by atoms with Crippen molar-refractivity contribution in [2.75, 3.05) is 5.32 Å². The first-order valence-corrected chi connectivity index (χ1v) is 13.4. The number of rotatable bonds is 7. The third-order valence-electron chi connectivity index (χ3n) is 6.10. The molecule has 0 saturated carbocycles. The number of benzene rings is 3. The summed E-state index contributed by atoms with van der Waals surface area (Å²) in [6.07, 6.45) is 1.64. The molecule has 0 saturated heterocycles. The molecule has 0 fully saturated rings. The van der Waals surface area contributed by atoms with Crippen LogP contribution >= 0.6 is 23.4 Å². The fourth-order valence-corrected chi connectivity index (χ4v) is 5.23. The lowest BCUT2D eigenvalue weighted by atomic mass is 10.1. The predicted octanol–water partition coefficient (Wildman–Crippen LogP) is 7.43. The minimum Gasteiger partial charge on any atom is -0.467 e. The van der Waals surface area contributed by atoms with Crippen LogP contribution in [-0.2, 0) is 12.3 Å². The van der Waals surface area contributed by atoms with E-state index in [-0.39, 0.29) is 0 Å². The molecule has 0 atom stereocenters. The van der Waals surface area contributed by atoms with Crippen molar-refractivity contribution in [2.24, 2.45) is 0 Å². The van der Waals surface area contributed by atoms with E-state index in [1.807, 2.05) is 83.4 Å². The van der Waals surface area contributed by atoms with Gasteiger partial charge in [0.15, 0.2) is 22.5 Å². The normalized spacial score (nSPS) is 11.9. The Morgan fingerprint density at radius 2 is 1.79 bits per heavy atom. The average molecular weight is 555 g/mol. The van der Waals surface area contributed by atoms with Crippen molar-refractivity contribution in [1.82, 2.24) is 24.9 Å². The minimum absolute atomic E-state index is 0.412. The van der Waals surface area contributed by atoms with Crippen LogP contribution in [0, 0.1) is 0 Å². The molecule has 0 spiro atoms. The third-order valence-corrected chi connectivity index (χ3v) is 7.29. The van der Waals surface area contributed by atoms with Crippen molar-refractivity contribution in [2.45, 2.75) is 17.5 Å². The largest absolute Gasteiger partial charge is 0.467 e. The van der Waals surface area contributed by atoms with Crippen molar-refractivity contribution in [3.8, 4) is 34.3 Å². The van der Waals surface area contributed by atoms with Gasteiger partial charge in [0, 0.05) is 16.1 Å². The first-order valence-electron chi connectivity index (χ1n) is 12.0. The molecule has 6 aromatic rings. The van der Waals surface area contributed by atoms with Crippen LogP contribution in [0.2, 0.25) is 5.02 Å². The van der Waals surface area contributed by atoms with E-state index < -0.39 is 0 Å². The predicted molar refractivity (Wildman–Crippen MR) is 147 cm³/mol. The number of aromatic nitrogens is 5. The Kier molecular flexibility index (Phi) is 6.03. The maximum Gasteiger partial charge on any atom is 0.237 e. The van der Waals surface area contributed by atoms with Crippen LogP contribution in [0.1, 0.15) is 11.7 Å². The molecule has 1 aliphatic heterocycles. The molecule has 0 amide bonds. The molecule has 0 unspecified atom stereocenters. The highest BCUT2D eigenvalue weighted by Crippen LogP contribution is 2.43. The molecule has 192 valence electrons. The number of nitrogens with zero attached hydrogens (tertiary/aromatic N) is 5. The van der Waals surface area contributed by atoms with Gasteiger partial charge in [-0.1, -0.05) is 52.8 Å². The molecule has 9 nitrogen and oxygen atoms in total. The van der Waals surface area contributed by atoms with Crippen LogP contribution in [0.25, 0.3) is 22.8 Å². The molecular weight excluding hydrogens is 536 g/mol. The van der Waals surface area contributed by atoms with Gasteiger partial charge in [-0.2, -0.15) is 4.98 Å². The number of halogens is 1. The van der Waals surface area contributed by atoms with E-state index >= 15 is 0 Å². The topological polar surface area (TPSA) is 104 Å². The second-order valence-electron chi connectivity index (χ2n) is 8.72. The number of ether oxygens (including phenoxy) is 1. The molecule has 3 aromatic carbocycles. The van der Waals surface area contributed by atoms with E-state index in [9.17, 15) is 0 Å². The van der Waals surface area contributed by atoms with Gasteiger partial charge < -0.3 is 19.0 Å². The van der Waals surface area contributed by atoms with Gasteiger partial charge in [0.05, 0.1) is 29.9 Å². The summed E-state index contributed by atoms with van der Waals surface area (Å²) in [7, 11) is 0. The maximum absolute atomic E-state index is 6.23. The van der Waals surface area contributed by atoms with Crippen molar-refractivity contribution in [1.29, 1.82) is 0 Å². The number of nitrogens with one attached hydrogen (secondary N) is 1. The molecule has 1 aliphatic rings. The zero-order chi connectivity index (χ0) is 26.2. The van der Waals surface area contributed by atoms with E-state index in [0.717, 1.165) is 34.0 Å². The Morgan fingerprint density at radius 1 is 0.872 bits per heavy atom. The van der Waals surface area contributed by atoms with E-state index in [0.29, 0.717) is 45.8 Å². The van der Waals surface area contributed by atoms with E-state index in [1.54, 1.807) is 6.26 Å². The van der Waals surface area contributed by atoms with Crippen LogP contribution < -0.4 is 10.1 Å². The fourth-order valence-electron chi connectivity index (χ4n) is 4.27. The zero-order valence-electron chi connectivity index (χ0n) is 20.2. The van der Waals surface area contributed by atoms with Crippen molar-refractivity contribution in [3.63, 3.8) is 0 Å². The van der Waals surface area contributed by atoms with Crippen molar-refractivity contribution >= 4 is 34.7 Å². The van der Waals surface area contributed by atoms with Gasteiger partial charge in [0.2, 0.25) is 11.7 Å². The molecule has 3 aromatic heterocycles. The average Bonchev–Trinajstić information content (AvgIpc) is 3.73. The number of furan rings is 1. The second kappa shape index (κ2) is 9.97. The number of thioether (sulfide) groups is 1. The Bertz CT molecular complexity index is 1780. The number of fused-ring (bicyclic) bond motifs is 2. The molecule has 0 aliphatic carbocycles. The number of para-hydroxylation sites is 2. The summed E-state index contributed by atoms with van der Waals surface area (Å²) in [5, 5.41) is 17.7. The Labute approximate surface area is 231 Å². The van der Waals surface area contributed by atoms with Crippen LogP contribution in [0.5, 0.6) is 11.5 Å². The Morgan fingerprint density at radius 3 is 2.69 bits per heavy atom. The molecule has 4 heterocycles. The zero-order valence-corrected chi connectivity index (χ0v) is 21.8. The van der Waals surface area contributed by atoms with Gasteiger partial charge in [0.25, 0.3) is 0 Å². The molecule has 11 heteroatoms. The Balaban J connectivity index is 1.11. The molecular formula is C28H19ClN6O3S. The highest BCUT2D eigenvalue weighted by Gasteiger charge is 2.20. The summed E-state index contributed by atoms with van der Waals surface area (Å²) in [5.41, 5.74) is 3.46. The monoisotopic (exact) mass is 554 g/mol. The highest BCUT2D eigenvalue weighted by molar-refractivity contribution is 7.98. The lowest BCUT2D eigenvalue weighted by molar-refractivity contribution is 0.391. The second-order valence-corrected chi connectivity index (χ2v) is 10.1. The number of anilines is 2. The SMILES string of the molecule is Clc1cccc(-c2nnc(SCc3nc(-c4ccc5c(c4)Oc4ccccc4N5)no3)n2Cc2ccco2)c1. The highest BCUT2D eigenvalue weighted by atomic mass is 35.5. The summed E-state index contributed by atoms with van der Waals surface area (Å²) in [4.78, 5) is 4.60. The minimum atomic E-state index is 0.412. The van der Waals surface area contributed by atoms with E-state index in [4.69, 9.17) is 25.3 Å². The summed E-state index contributed by atoms with van der Waals surface area (Å²) in [5.74, 6) is 4.30. The molecule has 0 radical (unpaired) electrons. The van der Waals surface area contributed by atoms with Crippen LogP contribution in [-0.4, -0.2) is 24.9 Å². The summed E-state index contributed by atoms with van der Waals surface area (Å²) in [6.45, 7) is 0.464. The summed E-state index contributed by atoms with van der Waals surface area (Å²) in [6, 6.07) is 24.9. The molecule has 0 bridgehead atoms. The maximum atomic E-state index is 6.23. The van der Waals surface area contributed by atoms with Gasteiger partial charge in [-0.05, 0) is 54.6 Å². The van der Waals surface area contributed by atoms with Crippen molar-refractivity contribution in [3.05, 3.63) is 102 Å². The molecule has 39 heavy (non-hydrogen) atoms. The number of hydrogen-bond donors (Lipinski definition) is 1. The molecule has 1 N–H and O–H groups in total. The van der Waals surface area contributed by atoms with Gasteiger partial charge in [-0.3, -0.25) is 4.57 Å². The van der Waals surface area contributed by atoms with Gasteiger partial charge >= 0.3 is 0 Å². The Hall–Kier alpha value is -4.54. The standard InChI is InChI=1S/C28H19ClN6O3S/c29-19-6-3-5-18(13-19)27-32-33-28(35(27)15-20-7-4-12-36-20)39-16-25-31-26(34-38-25)17-10-11-22-24(14-17)37-23-9-2-1-8-21(23)30-22/h1-14,30H,15-16H2. The van der Waals surface area contributed by atoms with Gasteiger partial charge in [-0.15, -0.1) is 10.2 Å². The van der Waals surface area contributed by atoms with E-state index in [1.165, 1.54) is 11.8 Å².